The van der Waals surface area contributed by atoms with E-state index in [0.29, 0.717) is 6.04 Å². The van der Waals surface area contributed by atoms with Crippen LogP contribution in [0.2, 0.25) is 0 Å². The molecule has 0 saturated heterocycles. The van der Waals surface area contributed by atoms with E-state index in [0.717, 1.165) is 12.5 Å². The molecule has 0 heterocycles. The van der Waals surface area contributed by atoms with Crippen molar-refractivity contribution in [2.45, 2.75) is 58.0 Å². The average Bonchev–Trinajstić information content (AvgIpc) is 2.39. The van der Waals surface area contributed by atoms with E-state index in [1.54, 1.807) is 0 Å². The third-order valence-corrected chi connectivity index (χ3v) is 3.91. The first-order valence-electron chi connectivity index (χ1n) is 7.12. The lowest BCUT2D eigenvalue weighted by Crippen LogP contribution is -2.28. The van der Waals surface area contributed by atoms with Gasteiger partial charge in [-0.3, -0.25) is 0 Å². The fourth-order valence-corrected chi connectivity index (χ4v) is 2.89. The van der Waals surface area contributed by atoms with Gasteiger partial charge >= 0.3 is 0 Å². The van der Waals surface area contributed by atoms with Crippen LogP contribution in [-0.4, -0.2) is 6.04 Å². The number of hydrogen-bond donors (Lipinski definition) is 1. The topological polar surface area (TPSA) is 12.0 Å². The first-order chi connectivity index (χ1) is 8.34. The summed E-state index contributed by atoms with van der Waals surface area (Å²) < 4.78 is 0. The van der Waals surface area contributed by atoms with Crippen molar-refractivity contribution in [1.29, 1.82) is 0 Å². The monoisotopic (exact) mass is 231 g/mol. The quantitative estimate of drug-likeness (QED) is 0.803. The first-order valence-corrected chi connectivity index (χ1v) is 7.12. The van der Waals surface area contributed by atoms with E-state index in [9.17, 15) is 0 Å². The Morgan fingerprint density at radius 2 is 1.82 bits per heavy atom. The van der Waals surface area contributed by atoms with E-state index in [1.807, 2.05) is 0 Å². The molecule has 1 heteroatoms. The molecular weight excluding hydrogens is 206 g/mol. The number of hydrogen-bond acceptors (Lipinski definition) is 1. The zero-order chi connectivity index (χ0) is 11.9. The van der Waals surface area contributed by atoms with Crippen molar-refractivity contribution in [3.05, 3.63) is 35.9 Å². The maximum Gasteiger partial charge on any atom is 0.0207 e. The summed E-state index contributed by atoms with van der Waals surface area (Å²) in [6.45, 7) is 3.34. The van der Waals surface area contributed by atoms with Crippen LogP contribution in [0.4, 0.5) is 0 Å². The van der Waals surface area contributed by atoms with Gasteiger partial charge in [-0.05, 0) is 24.8 Å². The number of nitrogens with one attached hydrogen (secondary N) is 1. The largest absolute Gasteiger partial charge is 0.310 e. The first kappa shape index (κ1) is 12.6. The highest BCUT2D eigenvalue weighted by Crippen LogP contribution is 2.27. The second kappa shape index (κ2) is 6.80. The van der Waals surface area contributed by atoms with Crippen molar-refractivity contribution in [3.8, 4) is 0 Å². The highest BCUT2D eigenvalue weighted by Gasteiger charge is 2.15. The van der Waals surface area contributed by atoms with Crippen molar-refractivity contribution >= 4 is 0 Å². The summed E-state index contributed by atoms with van der Waals surface area (Å²) in [5.74, 6) is 0.974. The third-order valence-electron chi connectivity index (χ3n) is 3.91. The van der Waals surface area contributed by atoms with Crippen LogP contribution in [-0.2, 0) is 6.54 Å². The van der Waals surface area contributed by atoms with Gasteiger partial charge in [0.05, 0.1) is 0 Å². The number of benzene rings is 1. The minimum atomic E-state index is 0.651. The Morgan fingerprint density at radius 1 is 1.12 bits per heavy atom. The third kappa shape index (κ3) is 4.51. The summed E-state index contributed by atoms with van der Waals surface area (Å²) in [4.78, 5) is 0. The summed E-state index contributed by atoms with van der Waals surface area (Å²) in [7, 11) is 0. The maximum atomic E-state index is 3.65. The van der Waals surface area contributed by atoms with Gasteiger partial charge in [-0.2, -0.15) is 0 Å². The van der Waals surface area contributed by atoms with Gasteiger partial charge in [0.15, 0.2) is 0 Å². The molecule has 94 valence electrons. The summed E-state index contributed by atoms with van der Waals surface area (Å²) in [6.07, 6.45) is 8.63. The normalized spacial score (nSPS) is 19.1. The molecule has 0 amide bonds. The highest BCUT2D eigenvalue weighted by molar-refractivity contribution is 5.14. The van der Waals surface area contributed by atoms with E-state index in [-0.39, 0.29) is 0 Å². The molecule has 1 fully saturated rings. The van der Waals surface area contributed by atoms with Gasteiger partial charge in [0.1, 0.15) is 0 Å². The Hall–Kier alpha value is -0.820. The van der Waals surface area contributed by atoms with Gasteiger partial charge in [0, 0.05) is 12.6 Å². The maximum absolute atomic E-state index is 3.65. The molecule has 0 aromatic heterocycles. The number of rotatable bonds is 5. The standard InChI is InChI=1S/C16H25N/c1-14(12-15-8-4-2-5-9-15)17-13-16-10-6-3-7-11-16/h3,6-7,10-11,14-15,17H,2,4-5,8-9,12-13H2,1H3. The van der Waals surface area contributed by atoms with E-state index in [1.165, 1.54) is 44.1 Å². The fourth-order valence-electron chi connectivity index (χ4n) is 2.89. The van der Waals surface area contributed by atoms with E-state index in [4.69, 9.17) is 0 Å². The van der Waals surface area contributed by atoms with Gasteiger partial charge in [0.2, 0.25) is 0 Å². The van der Waals surface area contributed by atoms with Crippen LogP contribution in [0.5, 0.6) is 0 Å². The van der Waals surface area contributed by atoms with Gasteiger partial charge < -0.3 is 5.32 Å². The molecule has 2 rings (SSSR count). The lowest BCUT2D eigenvalue weighted by atomic mass is 9.85. The Morgan fingerprint density at radius 3 is 2.53 bits per heavy atom. The SMILES string of the molecule is CC(CC1CCCCC1)NCc1ccccc1. The second-order valence-corrected chi connectivity index (χ2v) is 5.51. The molecule has 0 spiro atoms. The molecule has 17 heavy (non-hydrogen) atoms. The zero-order valence-electron chi connectivity index (χ0n) is 11.0. The van der Waals surface area contributed by atoms with Crippen molar-refractivity contribution in [2.75, 3.05) is 0 Å². The zero-order valence-corrected chi connectivity index (χ0v) is 11.0. The van der Waals surface area contributed by atoms with Gasteiger partial charge in [-0.25, -0.2) is 0 Å². The highest BCUT2D eigenvalue weighted by atomic mass is 14.9. The molecule has 1 aliphatic rings. The Balaban J connectivity index is 1.68. The molecular formula is C16H25N. The lowest BCUT2D eigenvalue weighted by molar-refractivity contribution is 0.304. The van der Waals surface area contributed by atoms with E-state index in [2.05, 4.69) is 42.6 Å². The molecule has 1 atom stereocenters. The van der Waals surface area contributed by atoms with Crippen LogP contribution in [0.3, 0.4) is 0 Å². The predicted octanol–water partition coefficient (Wildman–Crippen LogP) is 4.14. The van der Waals surface area contributed by atoms with Crippen LogP contribution in [0.25, 0.3) is 0 Å². The second-order valence-electron chi connectivity index (χ2n) is 5.51. The molecule has 1 unspecified atom stereocenters. The van der Waals surface area contributed by atoms with Crippen LogP contribution < -0.4 is 5.32 Å². The van der Waals surface area contributed by atoms with Crippen molar-refractivity contribution in [1.82, 2.24) is 5.32 Å². The van der Waals surface area contributed by atoms with Crippen molar-refractivity contribution in [2.24, 2.45) is 5.92 Å². The molecule has 1 saturated carbocycles. The Kier molecular flexibility index (Phi) is 5.06. The van der Waals surface area contributed by atoms with Gasteiger partial charge in [0.25, 0.3) is 0 Å². The average molecular weight is 231 g/mol. The van der Waals surface area contributed by atoms with Crippen LogP contribution in [0.1, 0.15) is 51.0 Å². The Bertz CT molecular complexity index is 301. The molecule has 0 radical (unpaired) electrons. The van der Waals surface area contributed by atoms with Crippen LogP contribution in [0.15, 0.2) is 30.3 Å². The summed E-state index contributed by atoms with van der Waals surface area (Å²) in [5.41, 5.74) is 1.39. The van der Waals surface area contributed by atoms with E-state index >= 15 is 0 Å². The minimum absolute atomic E-state index is 0.651. The van der Waals surface area contributed by atoms with Gasteiger partial charge in [-0.15, -0.1) is 0 Å². The molecule has 0 bridgehead atoms. The molecule has 1 nitrogen and oxygen atoms in total. The van der Waals surface area contributed by atoms with Crippen molar-refractivity contribution in [3.63, 3.8) is 0 Å². The molecule has 1 aliphatic carbocycles. The predicted molar refractivity (Wildman–Crippen MR) is 73.9 cm³/mol. The summed E-state index contributed by atoms with van der Waals surface area (Å²) in [6, 6.07) is 11.3. The molecule has 1 aromatic rings. The molecule has 1 aromatic carbocycles. The summed E-state index contributed by atoms with van der Waals surface area (Å²) >= 11 is 0. The summed E-state index contributed by atoms with van der Waals surface area (Å²) in [5, 5.41) is 3.65. The lowest BCUT2D eigenvalue weighted by Gasteiger charge is -2.25. The molecule has 0 aliphatic heterocycles. The van der Waals surface area contributed by atoms with Crippen LogP contribution in [0, 0.1) is 5.92 Å². The van der Waals surface area contributed by atoms with E-state index < -0.39 is 0 Å². The van der Waals surface area contributed by atoms with Crippen LogP contribution >= 0.6 is 0 Å². The fraction of sp³-hybridized carbons (Fsp3) is 0.625. The molecule has 1 N–H and O–H groups in total. The Labute approximate surface area is 106 Å². The minimum Gasteiger partial charge on any atom is -0.310 e. The smallest absolute Gasteiger partial charge is 0.0207 e. The van der Waals surface area contributed by atoms with Gasteiger partial charge in [-0.1, -0.05) is 62.4 Å². The van der Waals surface area contributed by atoms with Crippen molar-refractivity contribution < 1.29 is 0 Å².